The predicted molar refractivity (Wildman–Crippen MR) is 67.7 cm³/mol. The topological polar surface area (TPSA) is 72.2 Å². The Morgan fingerprint density at radius 3 is 2.50 bits per heavy atom. The van der Waals surface area contributed by atoms with Crippen molar-refractivity contribution in [2.24, 2.45) is 5.92 Å². The Balaban J connectivity index is 2.22. The maximum Gasteiger partial charge on any atom is 0.246 e. The van der Waals surface area contributed by atoms with E-state index in [4.69, 9.17) is 4.52 Å². The fourth-order valence-corrected chi connectivity index (χ4v) is 4.32. The van der Waals surface area contributed by atoms with Crippen molar-refractivity contribution in [2.45, 2.75) is 57.4 Å². The Hall–Kier alpha value is -0.880. The highest BCUT2D eigenvalue weighted by Crippen LogP contribution is 2.26. The van der Waals surface area contributed by atoms with Crippen molar-refractivity contribution in [1.29, 1.82) is 0 Å². The van der Waals surface area contributed by atoms with Crippen molar-refractivity contribution < 1.29 is 12.9 Å². The summed E-state index contributed by atoms with van der Waals surface area (Å²) in [4.78, 5) is 0.195. The molecule has 1 aromatic heterocycles. The molecule has 2 atom stereocenters. The zero-order chi connectivity index (χ0) is 13.3. The molecule has 1 fully saturated rings. The third-order valence-corrected chi connectivity index (χ3v) is 5.39. The number of sulfonamides is 1. The normalized spacial score (nSPS) is 25.3. The standard InChI is InChI=1S/C12H20N2O3S/c1-8-6-4-5-7-11(8)14-18(15,16)12-9(2)13-17-10(12)3/h8,11,14H,4-7H2,1-3H3. The largest absolute Gasteiger partial charge is 0.360 e. The van der Waals surface area contributed by atoms with Crippen LogP contribution in [0.3, 0.4) is 0 Å². The fourth-order valence-electron chi connectivity index (χ4n) is 2.61. The van der Waals surface area contributed by atoms with Gasteiger partial charge in [0, 0.05) is 6.04 Å². The SMILES string of the molecule is Cc1noc(C)c1S(=O)(=O)NC1CCCCC1C. The second-order valence-electron chi connectivity index (χ2n) is 5.14. The van der Waals surface area contributed by atoms with E-state index in [-0.39, 0.29) is 10.9 Å². The van der Waals surface area contributed by atoms with Crippen LogP contribution in [-0.4, -0.2) is 19.6 Å². The van der Waals surface area contributed by atoms with Gasteiger partial charge in [0.25, 0.3) is 0 Å². The van der Waals surface area contributed by atoms with Gasteiger partial charge in [-0.25, -0.2) is 13.1 Å². The lowest BCUT2D eigenvalue weighted by Crippen LogP contribution is -2.41. The van der Waals surface area contributed by atoms with Crippen LogP contribution in [0.1, 0.15) is 44.1 Å². The van der Waals surface area contributed by atoms with Crippen LogP contribution in [0.25, 0.3) is 0 Å². The number of nitrogens with one attached hydrogen (secondary N) is 1. The molecule has 0 spiro atoms. The number of hydrogen-bond acceptors (Lipinski definition) is 4. The average molecular weight is 272 g/mol. The van der Waals surface area contributed by atoms with E-state index in [1.54, 1.807) is 13.8 Å². The van der Waals surface area contributed by atoms with E-state index < -0.39 is 10.0 Å². The van der Waals surface area contributed by atoms with E-state index in [0.29, 0.717) is 17.4 Å². The van der Waals surface area contributed by atoms with Gasteiger partial charge in [-0.3, -0.25) is 0 Å². The summed E-state index contributed by atoms with van der Waals surface area (Å²) in [6.45, 7) is 5.37. The average Bonchev–Trinajstić information content (AvgIpc) is 2.62. The summed E-state index contributed by atoms with van der Waals surface area (Å²) in [7, 11) is -3.52. The Labute approximate surface area is 108 Å². The molecule has 1 N–H and O–H groups in total. The summed E-state index contributed by atoms with van der Waals surface area (Å²) in [6, 6.07) is 0.0254. The lowest BCUT2D eigenvalue weighted by Gasteiger charge is -2.29. The highest BCUT2D eigenvalue weighted by Gasteiger charge is 2.30. The predicted octanol–water partition coefficient (Wildman–Crippen LogP) is 2.15. The monoisotopic (exact) mass is 272 g/mol. The number of rotatable bonds is 3. The van der Waals surface area contributed by atoms with Gasteiger partial charge >= 0.3 is 0 Å². The smallest absolute Gasteiger partial charge is 0.246 e. The fraction of sp³-hybridized carbons (Fsp3) is 0.750. The molecule has 0 bridgehead atoms. The zero-order valence-electron chi connectivity index (χ0n) is 11.1. The number of aromatic nitrogens is 1. The molecule has 2 unspecified atom stereocenters. The van der Waals surface area contributed by atoms with Gasteiger partial charge in [0.2, 0.25) is 10.0 Å². The molecule has 1 aliphatic rings. The summed E-state index contributed by atoms with van der Waals surface area (Å²) >= 11 is 0. The highest BCUT2D eigenvalue weighted by atomic mass is 32.2. The van der Waals surface area contributed by atoms with Gasteiger partial charge in [-0.1, -0.05) is 24.9 Å². The molecule has 5 nitrogen and oxygen atoms in total. The van der Waals surface area contributed by atoms with E-state index in [0.717, 1.165) is 19.3 Å². The maximum atomic E-state index is 12.3. The first kappa shape index (κ1) is 13.5. The van der Waals surface area contributed by atoms with Gasteiger partial charge in [0.15, 0.2) is 5.76 Å². The maximum absolute atomic E-state index is 12.3. The molecule has 0 aromatic carbocycles. The van der Waals surface area contributed by atoms with Crippen LogP contribution in [0, 0.1) is 19.8 Å². The highest BCUT2D eigenvalue weighted by molar-refractivity contribution is 7.89. The molecule has 0 aliphatic heterocycles. The minimum Gasteiger partial charge on any atom is -0.360 e. The first-order valence-corrected chi connectivity index (χ1v) is 7.85. The lowest BCUT2D eigenvalue weighted by molar-refractivity contribution is 0.310. The van der Waals surface area contributed by atoms with Crippen molar-refractivity contribution in [2.75, 3.05) is 0 Å². The van der Waals surface area contributed by atoms with Crippen LogP contribution in [0.5, 0.6) is 0 Å². The Bertz CT molecular complexity index is 502. The molecule has 0 saturated heterocycles. The van der Waals surface area contributed by atoms with Crippen molar-refractivity contribution in [3.63, 3.8) is 0 Å². The van der Waals surface area contributed by atoms with Gasteiger partial charge in [0.05, 0.1) is 0 Å². The van der Waals surface area contributed by atoms with Crippen molar-refractivity contribution in [3.05, 3.63) is 11.5 Å². The van der Waals surface area contributed by atoms with Crippen LogP contribution < -0.4 is 4.72 Å². The second kappa shape index (κ2) is 5.01. The molecule has 102 valence electrons. The molecule has 2 rings (SSSR count). The van der Waals surface area contributed by atoms with Crippen LogP contribution >= 0.6 is 0 Å². The molecule has 1 aromatic rings. The van der Waals surface area contributed by atoms with Crippen LogP contribution in [0.4, 0.5) is 0 Å². The van der Waals surface area contributed by atoms with Gasteiger partial charge in [-0.15, -0.1) is 0 Å². The van der Waals surface area contributed by atoms with Crippen LogP contribution in [0.2, 0.25) is 0 Å². The first-order chi connectivity index (χ1) is 8.42. The Kier molecular flexibility index (Phi) is 3.77. The first-order valence-electron chi connectivity index (χ1n) is 6.37. The van der Waals surface area contributed by atoms with E-state index >= 15 is 0 Å². The Morgan fingerprint density at radius 1 is 1.28 bits per heavy atom. The molecular weight excluding hydrogens is 252 g/mol. The lowest BCUT2D eigenvalue weighted by atomic mass is 9.87. The molecule has 1 heterocycles. The van der Waals surface area contributed by atoms with Gasteiger partial charge < -0.3 is 4.52 Å². The van der Waals surface area contributed by atoms with E-state index in [1.807, 2.05) is 0 Å². The number of aryl methyl sites for hydroxylation is 2. The molecule has 1 saturated carbocycles. The van der Waals surface area contributed by atoms with Crippen molar-refractivity contribution in [3.8, 4) is 0 Å². The molecule has 18 heavy (non-hydrogen) atoms. The molecule has 1 aliphatic carbocycles. The summed E-state index contributed by atoms with van der Waals surface area (Å²) in [6.07, 6.45) is 4.25. The van der Waals surface area contributed by atoms with E-state index in [9.17, 15) is 8.42 Å². The second-order valence-corrected chi connectivity index (χ2v) is 6.79. The van der Waals surface area contributed by atoms with Crippen molar-refractivity contribution >= 4 is 10.0 Å². The minimum absolute atomic E-state index is 0.0254. The Morgan fingerprint density at radius 2 is 1.94 bits per heavy atom. The summed E-state index contributed by atoms with van der Waals surface area (Å²) in [5, 5.41) is 3.70. The molecule has 6 heteroatoms. The summed E-state index contributed by atoms with van der Waals surface area (Å²) in [5.74, 6) is 0.734. The van der Waals surface area contributed by atoms with Gasteiger partial charge in [-0.05, 0) is 32.6 Å². The van der Waals surface area contributed by atoms with Crippen molar-refractivity contribution in [1.82, 2.24) is 9.88 Å². The van der Waals surface area contributed by atoms with E-state index in [1.165, 1.54) is 6.42 Å². The van der Waals surface area contributed by atoms with Gasteiger partial charge in [-0.2, -0.15) is 0 Å². The third-order valence-electron chi connectivity index (χ3n) is 3.65. The number of hydrogen-bond donors (Lipinski definition) is 1. The molecule has 0 amide bonds. The molecule has 0 radical (unpaired) electrons. The third kappa shape index (κ3) is 2.59. The van der Waals surface area contributed by atoms with Crippen LogP contribution in [-0.2, 0) is 10.0 Å². The summed E-state index contributed by atoms with van der Waals surface area (Å²) in [5.41, 5.74) is 0.420. The van der Waals surface area contributed by atoms with Crippen LogP contribution in [0.15, 0.2) is 9.42 Å². The summed E-state index contributed by atoms with van der Waals surface area (Å²) < 4.78 is 32.4. The minimum atomic E-state index is -3.52. The van der Waals surface area contributed by atoms with Gasteiger partial charge in [0.1, 0.15) is 10.6 Å². The quantitative estimate of drug-likeness (QED) is 0.915. The molecular formula is C12H20N2O3S. The number of nitrogens with zero attached hydrogens (tertiary/aromatic N) is 1. The zero-order valence-corrected chi connectivity index (χ0v) is 11.9. The van der Waals surface area contributed by atoms with E-state index in [2.05, 4.69) is 16.8 Å².